The lowest BCUT2D eigenvalue weighted by molar-refractivity contribution is -0.384. The van der Waals surface area contributed by atoms with Gasteiger partial charge in [0, 0.05) is 23.3 Å². The van der Waals surface area contributed by atoms with E-state index in [-0.39, 0.29) is 16.9 Å². The fraction of sp³-hybridized carbons (Fsp3) is 0.100. The first-order chi connectivity index (χ1) is 18.8. The van der Waals surface area contributed by atoms with Gasteiger partial charge in [-0.15, -0.1) is 0 Å². The Labute approximate surface area is 232 Å². The first-order valence-corrected chi connectivity index (χ1v) is 12.8. The lowest BCUT2D eigenvalue weighted by Crippen LogP contribution is -2.32. The minimum absolute atomic E-state index is 0.0454. The molecule has 0 spiro atoms. The molecule has 0 aliphatic heterocycles. The summed E-state index contributed by atoms with van der Waals surface area (Å²) >= 11 is 3.44. The summed E-state index contributed by atoms with van der Waals surface area (Å²) in [6.07, 6.45) is -1.37. The Morgan fingerprint density at radius 2 is 1.49 bits per heavy atom. The number of carbonyl (C=O) groups is 3. The molecule has 4 rings (SSSR count). The molecular formula is C30H23BrN2O6. The highest BCUT2D eigenvalue weighted by Crippen LogP contribution is 2.33. The molecule has 0 fully saturated rings. The van der Waals surface area contributed by atoms with Gasteiger partial charge in [0.15, 0.2) is 6.10 Å². The van der Waals surface area contributed by atoms with Crippen LogP contribution in [0.2, 0.25) is 0 Å². The number of aryl methyl sites for hydroxylation is 1. The molecule has 0 aromatic heterocycles. The molecular weight excluding hydrogens is 564 g/mol. The third-order valence-electron chi connectivity index (χ3n) is 6.00. The number of hydrogen-bond donors (Lipinski definition) is 1. The number of rotatable bonds is 9. The number of alkyl halides is 1. The lowest BCUT2D eigenvalue weighted by Gasteiger charge is -2.23. The average Bonchev–Trinajstić information content (AvgIpc) is 2.96. The minimum Gasteiger partial charge on any atom is -0.449 e. The number of carbonyl (C=O) groups excluding carboxylic acids is 3. The van der Waals surface area contributed by atoms with E-state index in [0.717, 1.165) is 5.56 Å². The molecule has 1 N–H and O–H groups in total. The van der Waals surface area contributed by atoms with Crippen molar-refractivity contribution in [3.63, 3.8) is 0 Å². The molecule has 0 bridgehead atoms. The van der Waals surface area contributed by atoms with Crippen LogP contribution in [0.3, 0.4) is 0 Å². The van der Waals surface area contributed by atoms with Crippen LogP contribution in [0.25, 0.3) is 0 Å². The van der Waals surface area contributed by atoms with Crippen molar-refractivity contribution in [3.8, 4) is 0 Å². The van der Waals surface area contributed by atoms with Gasteiger partial charge >= 0.3 is 5.97 Å². The summed E-state index contributed by atoms with van der Waals surface area (Å²) in [5.74, 6) is -1.75. The normalized spacial score (nSPS) is 12.2. The molecule has 1 amide bonds. The molecule has 0 radical (unpaired) electrons. The first kappa shape index (κ1) is 27.4. The summed E-state index contributed by atoms with van der Waals surface area (Å²) in [5, 5.41) is 14.1. The number of amides is 1. The summed E-state index contributed by atoms with van der Waals surface area (Å²) in [7, 11) is 0. The van der Waals surface area contributed by atoms with Crippen LogP contribution >= 0.6 is 15.9 Å². The van der Waals surface area contributed by atoms with E-state index < -0.39 is 33.5 Å². The van der Waals surface area contributed by atoms with Crippen molar-refractivity contribution in [2.45, 2.75) is 17.9 Å². The second-order valence-corrected chi connectivity index (χ2v) is 9.61. The van der Waals surface area contributed by atoms with Crippen molar-refractivity contribution in [1.82, 2.24) is 0 Å². The van der Waals surface area contributed by atoms with Gasteiger partial charge in [0.1, 0.15) is 0 Å². The maximum absolute atomic E-state index is 13.5. The number of anilines is 1. The van der Waals surface area contributed by atoms with E-state index in [4.69, 9.17) is 4.74 Å². The third-order valence-corrected chi connectivity index (χ3v) is 7.01. The molecule has 8 nitrogen and oxygen atoms in total. The molecule has 0 heterocycles. The van der Waals surface area contributed by atoms with Gasteiger partial charge in [-0.05, 0) is 36.2 Å². The number of Topliss-reactive ketones (excluding diaryl/α,β-unsaturated/α-hetero) is 1. The number of ketones is 1. The molecule has 4 aromatic carbocycles. The fourth-order valence-corrected chi connectivity index (χ4v) is 4.60. The Morgan fingerprint density at radius 3 is 2.18 bits per heavy atom. The molecule has 0 aliphatic rings. The van der Waals surface area contributed by atoms with Crippen molar-refractivity contribution in [3.05, 3.63) is 141 Å². The van der Waals surface area contributed by atoms with Crippen LogP contribution in [-0.2, 0) is 4.74 Å². The largest absolute Gasteiger partial charge is 0.449 e. The number of nitro benzene ring substituents is 1. The molecule has 4 aromatic rings. The highest BCUT2D eigenvalue weighted by atomic mass is 79.9. The van der Waals surface area contributed by atoms with Crippen molar-refractivity contribution in [2.24, 2.45) is 0 Å². The number of ether oxygens (including phenoxy) is 1. The topological polar surface area (TPSA) is 116 Å². The van der Waals surface area contributed by atoms with Gasteiger partial charge in [0.2, 0.25) is 5.78 Å². The van der Waals surface area contributed by atoms with Crippen molar-refractivity contribution < 1.29 is 24.0 Å². The quantitative estimate of drug-likeness (QED) is 0.0766. The van der Waals surface area contributed by atoms with E-state index in [9.17, 15) is 24.5 Å². The summed E-state index contributed by atoms with van der Waals surface area (Å²) in [6, 6.07) is 27.4. The van der Waals surface area contributed by atoms with E-state index >= 15 is 0 Å². The third kappa shape index (κ3) is 6.45. The van der Waals surface area contributed by atoms with E-state index in [2.05, 4.69) is 21.2 Å². The van der Waals surface area contributed by atoms with Crippen molar-refractivity contribution >= 4 is 45.0 Å². The zero-order valence-corrected chi connectivity index (χ0v) is 22.3. The Kier molecular flexibility index (Phi) is 8.63. The SMILES string of the molecule is Cc1ccccc1C(=O)Nc1ccccc1C(=O)O[C@H](C(=O)c1ccccc1)[C@@H](Br)c1cccc([N+](=O)[O-])c1. The van der Waals surface area contributed by atoms with Gasteiger partial charge in [0.25, 0.3) is 11.6 Å². The molecule has 2 atom stereocenters. The highest BCUT2D eigenvalue weighted by Gasteiger charge is 2.34. The van der Waals surface area contributed by atoms with Gasteiger partial charge in [-0.1, -0.05) is 88.7 Å². The van der Waals surface area contributed by atoms with Gasteiger partial charge in [-0.3, -0.25) is 19.7 Å². The number of nitrogens with zero attached hydrogens (tertiary/aromatic N) is 1. The van der Waals surface area contributed by atoms with Crippen LogP contribution in [0.5, 0.6) is 0 Å². The zero-order chi connectivity index (χ0) is 27.9. The number of non-ortho nitro benzene ring substituents is 1. The maximum atomic E-state index is 13.5. The Hall–Kier alpha value is -4.63. The maximum Gasteiger partial charge on any atom is 0.341 e. The van der Waals surface area contributed by atoms with Crippen LogP contribution in [0, 0.1) is 17.0 Å². The number of nitrogens with one attached hydrogen (secondary N) is 1. The first-order valence-electron chi connectivity index (χ1n) is 11.9. The number of para-hydroxylation sites is 1. The summed E-state index contributed by atoms with van der Waals surface area (Å²) in [4.78, 5) is 49.8. The molecule has 196 valence electrons. The number of halogens is 1. The van der Waals surface area contributed by atoms with Gasteiger partial charge in [0.05, 0.1) is 21.0 Å². The van der Waals surface area contributed by atoms with E-state index in [1.807, 2.05) is 6.07 Å². The zero-order valence-electron chi connectivity index (χ0n) is 20.7. The van der Waals surface area contributed by atoms with Gasteiger partial charge in [-0.2, -0.15) is 0 Å². The second-order valence-electron chi connectivity index (χ2n) is 8.62. The number of esters is 1. The molecule has 9 heteroatoms. The van der Waals surface area contributed by atoms with Crippen LogP contribution in [0.15, 0.2) is 103 Å². The fourth-order valence-electron chi connectivity index (χ4n) is 3.96. The number of hydrogen-bond acceptors (Lipinski definition) is 6. The lowest BCUT2D eigenvalue weighted by atomic mass is 9.99. The highest BCUT2D eigenvalue weighted by molar-refractivity contribution is 9.09. The molecule has 0 aliphatic carbocycles. The number of benzene rings is 4. The Balaban J connectivity index is 1.66. The number of nitro groups is 1. The van der Waals surface area contributed by atoms with Crippen LogP contribution in [-0.4, -0.2) is 28.7 Å². The standard InChI is InChI=1S/C30H23BrN2O6/c1-19-10-5-6-15-23(19)29(35)32-25-17-8-7-16-24(25)30(36)39-28(27(34)20-11-3-2-4-12-20)26(31)21-13-9-14-22(18-21)33(37)38/h2-18,26,28H,1H3,(H,32,35)/t26-,28-/m0/s1. The molecule has 39 heavy (non-hydrogen) atoms. The second kappa shape index (κ2) is 12.3. The molecule has 0 saturated heterocycles. The van der Waals surface area contributed by atoms with Crippen molar-refractivity contribution in [2.75, 3.05) is 5.32 Å². The summed E-state index contributed by atoms with van der Waals surface area (Å²) < 4.78 is 5.76. The predicted octanol–water partition coefficient (Wildman–Crippen LogP) is 6.70. The monoisotopic (exact) mass is 586 g/mol. The van der Waals surface area contributed by atoms with Gasteiger partial charge in [-0.25, -0.2) is 4.79 Å². The van der Waals surface area contributed by atoms with E-state index in [1.54, 1.807) is 79.7 Å². The minimum atomic E-state index is -1.37. The average molecular weight is 587 g/mol. The summed E-state index contributed by atoms with van der Waals surface area (Å²) in [6.45, 7) is 1.80. The summed E-state index contributed by atoms with van der Waals surface area (Å²) in [5.41, 5.74) is 1.98. The Bertz CT molecular complexity index is 1540. The smallest absolute Gasteiger partial charge is 0.341 e. The van der Waals surface area contributed by atoms with Crippen LogP contribution < -0.4 is 5.32 Å². The van der Waals surface area contributed by atoms with E-state index in [0.29, 0.717) is 16.7 Å². The molecule has 0 unspecified atom stereocenters. The van der Waals surface area contributed by atoms with Crippen LogP contribution in [0.4, 0.5) is 11.4 Å². The van der Waals surface area contributed by atoms with E-state index in [1.165, 1.54) is 24.3 Å². The Morgan fingerprint density at radius 1 is 0.846 bits per heavy atom. The van der Waals surface area contributed by atoms with Crippen molar-refractivity contribution in [1.29, 1.82) is 0 Å². The molecule has 0 saturated carbocycles. The van der Waals surface area contributed by atoms with Gasteiger partial charge < -0.3 is 10.1 Å². The predicted molar refractivity (Wildman–Crippen MR) is 150 cm³/mol. The van der Waals surface area contributed by atoms with Crippen LogP contribution in [0.1, 0.15) is 47.0 Å².